The second kappa shape index (κ2) is 7.25. The quantitative estimate of drug-likeness (QED) is 0.800. The van der Waals surface area contributed by atoms with E-state index in [4.69, 9.17) is 4.74 Å². The molecule has 2 rings (SSSR count). The third-order valence-corrected chi connectivity index (χ3v) is 4.97. The lowest BCUT2D eigenvalue weighted by Gasteiger charge is -2.42. The number of likely N-dealkylation sites (tertiary alicyclic amines) is 1. The Morgan fingerprint density at radius 3 is 2.57 bits per heavy atom. The molecule has 0 aromatic rings. The molecule has 0 aromatic heterocycles. The van der Waals surface area contributed by atoms with Crippen LogP contribution in [0.3, 0.4) is 0 Å². The Labute approximate surface area is 127 Å². The molecule has 1 unspecified atom stereocenters. The van der Waals surface area contributed by atoms with Crippen molar-refractivity contribution in [3.8, 4) is 0 Å². The van der Waals surface area contributed by atoms with Gasteiger partial charge in [0.25, 0.3) is 0 Å². The highest BCUT2D eigenvalue weighted by Gasteiger charge is 2.42. The third-order valence-electron chi connectivity index (χ3n) is 4.97. The Morgan fingerprint density at radius 2 is 2.05 bits per heavy atom. The van der Waals surface area contributed by atoms with Gasteiger partial charge < -0.3 is 15.0 Å². The average molecular weight is 296 g/mol. The van der Waals surface area contributed by atoms with Crippen LogP contribution in [0.15, 0.2) is 0 Å². The summed E-state index contributed by atoms with van der Waals surface area (Å²) in [6.45, 7) is 5.33. The number of nitrogens with zero attached hydrogens (tertiary/aromatic N) is 1. The summed E-state index contributed by atoms with van der Waals surface area (Å²) in [6, 6.07) is 0. The van der Waals surface area contributed by atoms with Crippen molar-refractivity contribution in [2.75, 3.05) is 33.3 Å². The van der Waals surface area contributed by atoms with Gasteiger partial charge in [-0.3, -0.25) is 9.59 Å². The number of hydrogen-bond acceptors (Lipinski definition) is 4. The van der Waals surface area contributed by atoms with Crippen molar-refractivity contribution in [3.63, 3.8) is 0 Å². The second-order valence-electron chi connectivity index (χ2n) is 6.40. The zero-order chi connectivity index (χ0) is 15.3. The first-order valence-corrected chi connectivity index (χ1v) is 8.21. The SMILES string of the molecule is CCCC1(C(=O)N2CCC(C(=O)OC)CC2)CCCNC1. The minimum Gasteiger partial charge on any atom is -0.469 e. The van der Waals surface area contributed by atoms with Gasteiger partial charge in [0.15, 0.2) is 0 Å². The van der Waals surface area contributed by atoms with Crippen molar-refractivity contribution in [1.29, 1.82) is 0 Å². The lowest BCUT2D eigenvalue weighted by atomic mass is 9.75. The van der Waals surface area contributed by atoms with Gasteiger partial charge in [0.2, 0.25) is 5.91 Å². The molecule has 2 heterocycles. The number of piperidine rings is 2. The topological polar surface area (TPSA) is 58.6 Å². The lowest BCUT2D eigenvalue weighted by molar-refractivity contribution is -0.152. The first-order chi connectivity index (χ1) is 10.1. The molecule has 0 aliphatic carbocycles. The Hall–Kier alpha value is -1.10. The molecule has 2 saturated heterocycles. The second-order valence-corrected chi connectivity index (χ2v) is 6.40. The van der Waals surface area contributed by atoms with Gasteiger partial charge in [-0.05, 0) is 38.6 Å². The summed E-state index contributed by atoms with van der Waals surface area (Å²) < 4.78 is 4.81. The van der Waals surface area contributed by atoms with E-state index in [1.807, 2.05) is 4.90 Å². The van der Waals surface area contributed by atoms with Gasteiger partial charge in [-0.2, -0.15) is 0 Å². The average Bonchev–Trinajstić information content (AvgIpc) is 2.54. The largest absolute Gasteiger partial charge is 0.469 e. The Bertz CT molecular complexity index is 364. The third kappa shape index (κ3) is 3.57. The van der Waals surface area contributed by atoms with E-state index in [9.17, 15) is 9.59 Å². The molecular weight excluding hydrogens is 268 g/mol. The molecule has 2 fully saturated rings. The van der Waals surface area contributed by atoms with E-state index in [-0.39, 0.29) is 17.3 Å². The van der Waals surface area contributed by atoms with Crippen LogP contribution in [0.2, 0.25) is 0 Å². The van der Waals surface area contributed by atoms with Crippen molar-refractivity contribution in [3.05, 3.63) is 0 Å². The molecule has 0 radical (unpaired) electrons. The van der Waals surface area contributed by atoms with Crippen LogP contribution < -0.4 is 5.32 Å². The van der Waals surface area contributed by atoms with Gasteiger partial charge in [0.1, 0.15) is 0 Å². The predicted octanol–water partition coefficient (Wildman–Crippen LogP) is 1.57. The van der Waals surface area contributed by atoms with Crippen molar-refractivity contribution >= 4 is 11.9 Å². The molecule has 120 valence electrons. The van der Waals surface area contributed by atoms with Gasteiger partial charge in [-0.1, -0.05) is 13.3 Å². The fourth-order valence-electron chi connectivity index (χ4n) is 3.77. The highest BCUT2D eigenvalue weighted by Crippen LogP contribution is 2.35. The first-order valence-electron chi connectivity index (χ1n) is 8.21. The van der Waals surface area contributed by atoms with Crippen LogP contribution in [-0.2, 0) is 14.3 Å². The minimum atomic E-state index is -0.217. The summed E-state index contributed by atoms with van der Waals surface area (Å²) in [5, 5.41) is 3.39. The highest BCUT2D eigenvalue weighted by molar-refractivity contribution is 5.83. The van der Waals surface area contributed by atoms with Gasteiger partial charge in [0, 0.05) is 19.6 Å². The number of hydrogen-bond donors (Lipinski definition) is 1. The highest BCUT2D eigenvalue weighted by atomic mass is 16.5. The van der Waals surface area contributed by atoms with E-state index >= 15 is 0 Å². The Kier molecular flexibility index (Phi) is 5.62. The first kappa shape index (κ1) is 16.3. The summed E-state index contributed by atoms with van der Waals surface area (Å²) in [7, 11) is 1.43. The minimum absolute atomic E-state index is 0.0364. The zero-order valence-corrected chi connectivity index (χ0v) is 13.3. The molecule has 0 spiro atoms. The van der Waals surface area contributed by atoms with E-state index in [2.05, 4.69) is 12.2 Å². The number of nitrogens with one attached hydrogen (secondary N) is 1. The summed E-state index contributed by atoms with van der Waals surface area (Å²) in [6.07, 6.45) is 5.51. The summed E-state index contributed by atoms with van der Waals surface area (Å²) in [5.41, 5.74) is -0.217. The van der Waals surface area contributed by atoms with Crippen LogP contribution in [0.5, 0.6) is 0 Å². The number of esters is 1. The van der Waals surface area contributed by atoms with Crippen LogP contribution in [0.1, 0.15) is 45.4 Å². The molecule has 0 aromatic carbocycles. The maximum atomic E-state index is 13.0. The van der Waals surface area contributed by atoms with E-state index in [0.29, 0.717) is 19.0 Å². The molecule has 2 aliphatic heterocycles. The van der Waals surface area contributed by atoms with E-state index in [1.54, 1.807) is 0 Å². The number of carbonyl (C=O) groups excluding carboxylic acids is 2. The standard InChI is InChI=1S/C16H28N2O3/c1-3-7-16(8-4-9-17-12-16)15(20)18-10-5-13(6-11-18)14(19)21-2/h13,17H,3-12H2,1-2H3. The van der Waals surface area contributed by atoms with E-state index in [1.165, 1.54) is 7.11 Å². The lowest BCUT2D eigenvalue weighted by Crippen LogP contribution is -2.53. The number of carbonyl (C=O) groups is 2. The number of rotatable bonds is 4. The molecule has 1 N–H and O–H groups in total. The van der Waals surface area contributed by atoms with Gasteiger partial charge >= 0.3 is 5.97 Å². The maximum Gasteiger partial charge on any atom is 0.308 e. The molecule has 5 heteroatoms. The van der Waals surface area contributed by atoms with Crippen molar-refractivity contribution < 1.29 is 14.3 Å². The fraction of sp³-hybridized carbons (Fsp3) is 0.875. The Balaban J connectivity index is 1.97. The summed E-state index contributed by atoms with van der Waals surface area (Å²) >= 11 is 0. The monoisotopic (exact) mass is 296 g/mol. The molecular formula is C16H28N2O3. The molecule has 0 bridgehead atoms. The predicted molar refractivity (Wildman–Crippen MR) is 80.8 cm³/mol. The summed E-state index contributed by atoms with van der Waals surface area (Å²) in [5.74, 6) is 0.121. The normalized spacial score (nSPS) is 27.4. The molecule has 1 atom stereocenters. The van der Waals surface area contributed by atoms with Gasteiger partial charge in [0.05, 0.1) is 18.4 Å². The van der Waals surface area contributed by atoms with Crippen LogP contribution in [-0.4, -0.2) is 50.1 Å². The van der Waals surface area contributed by atoms with Crippen LogP contribution in [0.4, 0.5) is 0 Å². The molecule has 5 nitrogen and oxygen atoms in total. The van der Waals surface area contributed by atoms with Crippen molar-refractivity contribution in [1.82, 2.24) is 10.2 Å². The van der Waals surface area contributed by atoms with Crippen LogP contribution in [0.25, 0.3) is 0 Å². The van der Waals surface area contributed by atoms with Crippen LogP contribution >= 0.6 is 0 Å². The number of ether oxygens (including phenoxy) is 1. The molecule has 0 saturated carbocycles. The Morgan fingerprint density at radius 1 is 1.33 bits per heavy atom. The van der Waals surface area contributed by atoms with Gasteiger partial charge in [-0.25, -0.2) is 0 Å². The smallest absolute Gasteiger partial charge is 0.308 e. The van der Waals surface area contributed by atoms with Crippen molar-refractivity contribution in [2.45, 2.75) is 45.4 Å². The molecule has 1 amide bonds. The molecule has 2 aliphatic rings. The van der Waals surface area contributed by atoms with E-state index < -0.39 is 0 Å². The zero-order valence-electron chi connectivity index (χ0n) is 13.3. The number of amides is 1. The summed E-state index contributed by atoms with van der Waals surface area (Å²) in [4.78, 5) is 26.5. The van der Waals surface area contributed by atoms with Gasteiger partial charge in [-0.15, -0.1) is 0 Å². The van der Waals surface area contributed by atoms with Crippen molar-refractivity contribution in [2.24, 2.45) is 11.3 Å². The van der Waals surface area contributed by atoms with Crippen LogP contribution in [0, 0.1) is 11.3 Å². The molecule has 21 heavy (non-hydrogen) atoms. The van der Waals surface area contributed by atoms with E-state index in [0.717, 1.165) is 51.6 Å². The number of methoxy groups -OCH3 is 1. The maximum absolute atomic E-state index is 13.0. The fourth-order valence-corrected chi connectivity index (χ4v) is 3.77.